The van der Waals surface area contributed by atoms with E-state index < -0.39 is 19.9 Å². The molecule has 1 saturated carbocycles. The first-order valence-corrected chi connectivity index (χ1v) is 13.9. The van der Waals surface area contributed by atoms with Gasteiger partial charge in [-0.1, -0.05) is 12.1 Å². The molecule has 2 atom stereocenters. The minimum atomic E-state index is -3.48. The highest BCUT2D eigenvalue weighted by atomic mass is 32.2. The quantitative estimate of drug-likeness (QED) is 0.588. The molecule has 0 spiro atoms. The van der Waals surface area contributed by atoms with Crippen molar-refractivity contribution in [2.75, 3.05) is 24.6 Å². The summed E-state index contributed by atoms with van der Waals surface area (Å²) in [6.07, 6.45) is 4.60. The first kappa shape index (κ1) is 21.7. The average molecular weight is 456 g/mol. The average Bonchev–Trinajstić information content (AvgIpc) is 3.21. The van der Waals surface area contributed by atoms with E-state index in [4.69, 9.17) is 0 Å². The highest BCUT2D eigenvalue weighted by molar-refractivity contribution is 7.91. The van der Waals surface area contributed by atoms with E-state index >= 15 is 0 Å². The molecule has 4 rings (SSSR count). The van der Waals surface area contributed by atoms with E-state index in [0.29, 0.717) is 6.42 Å². The van der Waals surface area contributed by atoms with E-state index in [1.54, 1.807) is 24.3 Å². The number of nitrogens with zero attached hydrogens (tertiary/aromatic N) is 1. The van der Waals surface area contributed by atoms with Gasteiger partial charge in [0.05, 0.1) is 22.4 Å². The Morgan fingerprint density at radius 2 is 1.73 bits per heavy atom. The number of sulfone groups is 1. The molecule has 0 radical (unpaired) electrons. The van der Waals surface area contributed by atoms with Crippen LogP contribution in [0.5, 0.6) is 0 Å². The van der Waals surface area contributed by atoms with Crippen molar-refractivity contribution in [1.29, 1.82) is 0 Å². The van der Waals surface area contributed by atoms with Gasteiger partial charge in [-0.05, 0) is 62.9 Å². The first-order chi connectivity index (χ1) is 14.2. The lowest BCUT2D eigenvalue weighted by Crippen LogP contribution is -2.50. The van der Waals surface area contributed by atoms with Gasteiger partial charge in [0.1, 0.15) is 0 Å². The topological polar surface area (TPSA) is 113 Å². The van der Waals surface area contributed by atoms with Gasteiger partial charge in [0, 0.05) is 18.5 Å². The summed E-state index contributed by atoms with van der Waals surface area (Å²) in [5.74, 6) is -0.0585. The highest BCUT2D eigenvalue weighted by Gasteiger charge is 2.42. The summed E-state index contributed by atoms with van der Waals surface area (Å²) in [4.78, 5) is 14.9. The van der Waals surface area contributed by atoms with Crippen LogP contribution < -0.4 is 10.0 Å². The standard InChI is InChI=1S/C20H29N3O5S2/c24-20(21-18-13-29(25,26)14-19(18)23-11-1-2-12-23)10-5-15-3-8-17(9-4-15)30(27,28)22-16-6-7-16/h3-4,8-9,16,18-19,22H,1-2,5-7,10-14H2,(H,21,24). The number of carbonyl (C=O) groups is 1. The summed E-state index contributed by atoms with van der Waals surface area (Å²) in [7, 11) is -6.61. The van der Waals surface area contributed by atoms with Crippen LogP contribution in [0.3, 0.4) is 0 Å². The van der Waals surface area contributed by atoms with Crippen LogP contribution in [-0.4, -0.2) is 70.4 Å². The first-order valence-electron chi connectivity index (χ1n) is 10.6. The Morgan fingerprint density at radius 1 is 1.07 bits per heavy atom. The van der Waals surface area contributed by atoms with Gasteiger partial charge in [-0.25, -0.2) is 21.6 Å². The number of aryl methyl sites for hydroxylation is 1. The van der Waals surface area contributed by atoms with Crippen molar-refractivity contribution < 1.29 is 21.6 Å². The van der Waals surface area contributed by atoms with Crippen LogP contribution in [0.15, 0.2) is 29.2 Å². The van der Waals surface area contributed by atoms with Crippen LogP contribution in [0.2, 0.25) is 0 Å². The maximum absolute atomic E-state index is 12.5. The van der Waals surface area contributed by atoms with Crippen LogP contribution in [0.1, 0.15) is 37.7 Å². The lowest BCUT2D eigenvalue weighted by molar-refractivity contribution is -0.121. The molecule has 1 aliphatic carbocycles. The Kier molecular flexibility index (Phi) is 6.20. The number of hydrogen-bond acceptors (Lipinski definition) is 6. The van der Waals surface area contributed by atoms with E-state index in [1.807, 2.05) is 0 Å². The summed E-state index contributed by atoms with van der Waals surface area (Å²) in [6.45, 7) is 1.77. The third kappa shape index (κ3) is 5.40. The fraction of sp³-hybridized carbons (Fsp3) is 0.650. The highest BCUT2D eigenvalue weighted by Crippen LogP contribution is 2.24. The van der Waals surface area contributed by atoms with Gasteiger partial charge in [-0.3, -0.25) is 9.69 Å². The van der Waals surface area contributed by atoms with Crippen molar-refractivity contribution in [3.63, 3.8) is 0 Å². The zero-order valence-corrected chi connectivity index (χ0v) is 18.6. The summed E-state index contributed by atoms with van der Waals surface area (Å²) in [5, 5.41) is 2.93. The fourth-order valence-electron chi connectivity index (χ4n) is 4.26. The molecule has 10 heteroatoms. The monoisotopic (exact) mass is 455 g/mol. The predicted molar refractivity (Wildman–Crippen MR) is 113 cm³/mol. The van der Waals surface area contributed by atoms with Crippen LogP contribution in [-0.2, 0) is 31.1 Å². The molecule has 30 heavy (non-hydrogen) atoms. The second-order valence-corrected chi connectivity index (χ2v) is 12.5. The lowest BCUT2D eigenvalue weighted by atomic mass is 10.1. The smallest absolute Gasteiger partial charge is 0.240 e. The van der Waals surface area contributed by atoms with Crippen LogP contribution in [0.4, 0.5) is 0 Å². The number of rotatable bonds is 8. The summed E-state index contributed by atoms with van der Waals surface area (Å²) in [6, 6.07) is 6.13. The number of benzene rings is 1. The Hall–Kier alpha value is -1.49. The van der Waals surface area contributed by atoms with Crippen molar-refractivity contribution in [3.8, 4) is 0 Å². The summed E-state index contributed by atoms with van der Waals surface area (Å²) >= 11 is 0. The minimum absolute atomic E-state index is 0.000454. The molecule has 0 aromatic heterocycles. The van der Waals surface area contributed by atoms with Crippen LogP contribution >= 0.6 is 0 Å². The molecule has 2 saturated heterocycles. The zero-order valence-electron chi connectivity index (χ0n) is 16.9. The van der Waals surface area contributed by atoms with E-state index in [2.05, 4.69) is 14.9 Å². The van der Waals surface area contributed by atoms with E-state index in [0.717, 1.165) is 44.3 Å². The number of amides is 1. The fourth-order valence-corrected chi connectivity index (χ4v) is 7.52. The molecule has 3 fully saturated rings. The normalized spacial score (nSPS) is 26.7. The molecular weight excluding hydrogens is 426 g/mol. The van der Waals surface area contributed by atoms with Gasteiger partial charge in [0.15, 0.2) is 9.84 Å². The van der Waals surface area contributed by atoms with Gasteiger partial charge in [0.25, 0.3) is 0 Å². The number of carbonyl (C=O) groups excluding carboxylic acids is 1. The van der Waals surface area contributed by atoms with E-state index in [9.17, 15) is 21.6 Å². The molecule has 0 bridgehead atoms. The van der Waals surface area contributed by atoms with Gasteiger partial charge in [0.2, 0.25) is 15.9 Å². The number of hydrogen-bond donors (Lipinski definition) is 2. The summed E-state index contributed by atoms with van der Waals surface area (Å²) in [5.41, 5.74) is 0.866. The molecule has 2 unspecified atom stereocenters. The molecular formula is C20H29N3O5S2. The number of likely N-dealkylation sites (tertiary alicyclic amines) is 1. The van der Waals surface area contributed by atoms with Crippen molar-refractivity contribution in [2.45, 2.75) is 61.5 Å². The van der Waals surface area contributed by atoms with Crippen molar-refractivity contribution in [2.24, 2.45) is 0 Å². The van der Waals surface area contributed by atoms with Gasteiger partial charge < -0.3 is 5.32 Å². The molecule has 2 N–H and O–H groups in total. The second-order valence-electron chi connectivity index (χ2n) is 8.60. The molecule has 1 aromatic carbocycles. The molecule has 3 aliphatic rings. The van der Waals surface area contributed by atoms with Gasteiger partial charge >= 0.3 is 0 Å². The molecule has 1 aromatic rings. The summed E-state index contributed by atoms with van der Waals surface area (Å²) < 4.78 is 51.3. The minimum Gasteiger partial charge on any atom is -0.351 e. The Balaban J connectivity index is 1.30. The molecule has 8 nitrogen and oxygen atoms in total. The van der Waals surface area contributed by atoms with E-state index in [-0.39, 0.29) is 46.9 Å². The Bertz CT molecular complexity index is 982. The van der Waals surface area contributed by atoms with Gasteiger partial charge in [-0.2, -0.15) is 0 Å². The molecule has 166 valence electrons. The predicted octanol–water partition coefficient (Wildman–Crippen LogP) is 0.438. The van der Waals surface area contributed by atoms with Crippen LogP contribution in [0.25, 0.3) is 0 Å². The van der Waals surface area contributed by atoms with Gasteiger partial charge in [-0.15, -0.1) is 0 Å². The Labute approximate surface area is 178 Å². The Morgan fingerprint density at radius 3 is 2.37 bits per heavy atom. The molecule has 2 aliphatic heterocycles. The second kappa shape index (κ2) is 8.57. The lowest BCUT2D eigenvalue weighted by Gasteiger charge is -2.28. The maximum Gasteiger partial charge on any atom is 0.240 e. The maximum atomic E-state index is 12.5. The number of sulfonamides is 1. The SMILES string of the molecule is O=C(CCc1ccc(S(=O)(=O)NC2CC2)cc1)NC1CS(=O)(=O)CC1N1CCCC1. The third-order valence-corrected chi connectivity index (χ3v) is 9.31. The molecule has 1 amide bonds. The number of nitrogens with one attached hydrogen (secondary N) is 2. The van der Waals surface area contributed by atoms with Crippen molar-refractivity contribution in [1.82, 2.24) is 14.9 Å². The molecule has 2 heterocycles. The van der Waals surface area contributed by atoms with Crippen molar-refractivity contribution in [3.05, 3.63) is 29.8 Å². The third-order valence-electron chi connectivity index (χ3n) is 6.05. The van der Waals surface area contributed by atoms with E-state index in [1.165, 1.54) is 0 Å². The van der Waals surface area contributed by atoms with Crippen molar-refractivity contribution >= 4 is 25.8 Å². The zero-order chi connectivity index (χ0) is 21.4. The van der Waals surface area contributed by atoms with Crippen LogP contribution in [0, 0.1) is 0 Å². The largest absolute Gasteiger partial charge is 0.351 e.